The molecule has 7 nitrogen and oxygen atoms in total. The van der Waals surface area contributed by atoms with E-state index in [2.05, 4.69) is 10.2 Å². The van der Waals surface area contributed by atoms with Gasteiger partial charge >= 0.3 is 0 Å². The number of nitrogen functional groups attached to an aromatic ring is 1. The molecule has 1 amide bonds. The highest BCUT2D eigenvalue weighted by Crippen LogP contribution is 2.24. The van der Waals surface area contributed by atoms with E-state index in [-0.39, 0.29) is 28.8 Å². The van der Waals surface area contributed by atoms with Crippen LogP contribution >= 0.6 is 23.4 Å². The minimum atomic E-state index is -0.448. The van der Waals surface area contributed by atoms with Gasteiger partial charge in [0.1, 0.15) is 11.6 Å². The number of thioether (sulfide) groups is 1. The van der Waals surface area contributed by atoms with Gasteiger partial charge in [-0.15, -0.1) is 10.2 Å². The lowest BCUT2D eigenvalue weighted by Crippen LogP contribution is -2.28. The lowest BCUT2D eigenvalue weighted by Gasteiger charge is -2.18. The van der Waals surface area contributed by atoms with Crippen molar-refractivity contribution in [1.82, 2.24) is 19.8 Å². The maximum atomic E-state index is 13.9. The van der Waals surface area contributed by atoms with E-state index >= 15 is 0 Å². The van der Waals surface area contributed by atoms with Gasteiger partial charge in [-0.25, -0.2) is 9.07 Å². The highest BCUT2D eigenvalue weighted by molar-refractivity contribution is 7.99. The van der Waals surface area contributed by atoms with Crippen molar-refractivity contribution in [3.63, 3.8) is 0 Å². The molecule has 2 aromatic carbocycles. The van der Waals surface area contributed by atoms with Crippen LogP contribution in [0.25, 0.3) is 11.4 Å². The second-order valence-electron chi connectivity index (χ2n) is 6.37. The minimum absolute atomic E-state index is 0.0671. The quantitative estimate of drug-likeness (QED) is 0.417. The standard InChI is InChI=1S/C20H21ClFN5O2S/c1-3-29-14-9-7-13(8-10-14)19-24-25-20(27(19)23)30-12-18(28)26(2)11-15-16(21)5-4-6-17(15)22/h4-10H,3,11-12,23H2,1-2H3. The average molecular weight is 450 g/mol. The van der Waals surface area contributed by atoms with E-state index in [1.54, 1.807) is 13.1 Å². The summed E-state index contributed by atoms with van der Waals surface area (Å²) in [5.41, 5.74) is 1.05. The number of aromatic nitrogens is 3. The largest absolute Gasteiger partial charge is 0.494 e. The number of nitrogens with zero attached hydrogens (tertiary/aromatic N) is 4. The van der Waals surface area contributed by atoms with Crippen LogP contribution in [0, 0.1) is 5.82 Å². The molecule has 158 valence electrons. The molecular weight excluding hydrogens is 429 g/mol. The highest BCUT2D eigenvalue weighted by Gasteiger charge is 2.17. The summed E-state index contributed by atoms with van der Waals surface area (Å²) >= 11 is 7.18. The minimum Gasteiger partial charge on any atom is -0.494 e. The molecule has 0 radical (unpaired) electrons. The van der Waals surface area contributed by atoms with Crippen LogP contribution in [0.5, 0.6) is 5.75 Å². The first-order valence-corrected chi connectivity index (χ1v) is 10.5. The van der Waals surface area contributed by atoms with Gasteiger partial charge in [-0.1, -0.05) is 29.4 Å². The van der Waals surface area contributed by atoms with Gasteiger partial charge in [0.25, 0.3) is 0 Å². The lowest BCUT2D eigenvalue weighted by atomic mass is 10.2. The molecule has 10 heteroatoms. The molecule has 1 aromatic heterocycles. The molecule has 0 atom stereocenters. The van der Waals surface area contributed by atoms with Crippen LogP contribution in [-0.4, -0.2) is 45.1 Å². The molecule has 3 aromatic rings. The summed E-state index contributed by atoms with van der Waals surface area (Å²) in [5, 5.41) is 8.85. The van der Waals surface area contributed by atoms with E-state index in [9.17, 15) is 9.18 Å². The molecule has 0 aliphatic heterocycles. The highest BCUT2D eigenvalue weighted by atomic mass is 35.5. The van der Waals surface area contributed by atoms with E-state index in [4.69, 9.17) is 22.2 Å². The Hall–Kier alpha value is -2.78. The fourth-order valence-corrected chi connectivity index (χ4v) is 3.70. The number of amides is 1. The molecule has 0 aliphatic rings. The van der Waals surface area contributed by atoms with Gasteiger partial charge in [-0.05, 0) is 43.3 Å². The summed E-state index contributed by atoms with van der Waals surface area (Å²) in [5.74, 6) is 6.73. The van der Waals surface area contributed by atoms with Crippen molar-refractivity contribution >= 4 is 29.3 Å². The van der Waals surface area contributed by atoms with E-state index in [0.29, 0.717) is 17.6 Å². The Balaban J connectivity index is 1.62. The Bertz CT molecular complexity index is 1010. The predicted octanol–water partition coefficient (Wildman–Crippen LogP) is 3.60. The number of ether oxygens (including phenoxy) is 1. The third-order valence-corrected chi connectivity index (χ3v) is 5.58. The van der Waals surface area contributed by atoms with E-state index < -0.39 is 5.82 Å². The molecule has 1 heterocycles. The van der Waals surface area contributed by atoms with Crippen LogP contribution in [0.1, 0.15) is 12.5 Å². The van der Waals surface area contributed by atoms with Gasteiger partial charge < -0.3 is 15.5 Å². The Kier molecular flexibility index (Phi) is 7.17. The van der Waals surface area contributed by atoms with Crippen molar-refractivity contribution in [3.8, 4) is 17.1 Å². The molecule has 0 saturated carbocycles. The van der Waals surface area contributed by atoms with Crippen molar-refractivity contribution in [3.05, 3.63) is 58.9 Å². The Morgan fingerprint density at radius 3 is 2.67 bits per heavy atom. The van der Waals surface area contributed by atoms with Crippen molar-refractivity contribution in [2.75, 3.05) is 25.3 Å². The van der Waals surface area contributed by atoms with Crippen LogP contribution in [0.4, 0.5) is 4.39 Å². The molecule has 0 fully saturated rings. The second-order valence-corrected chi connectivity index (χ2v) is 7.72. The van der Waals surface area contributed by atoms with E-state index in [0.717, 1.165) is 23.1 Å². The van der Waals surface area contributed by atoms with Gasteiger partial charge in [0.15, 0.2) is 5.82 Å². The third kappa shape index (κ3) is 5.03. The SMILES string of the molecule is CCOc1ccc(-c2nnc(SCC(=O)N(C)Cc3c(F)cccc3Cl)n2N)cc1. The summed E-state index contributed by atoms with van der Waals surface area (Å²) in [6, 6.07) is 11.8. The Morgan fingerprint density at radius 1 is 1.27 bits per heavy atom. The number of carbonyl (C=O) groups is 1. The number of hydrogen-bond donors (Lipinski definition) is 1. The van der Waals surface area contributed by atoms with Gasteiger partial charge in [0, 0.05) is 29.7 Å². The smallest absolute Gasteiger partial charge is 0.233 e. The zero-order valence-corrected chi connectivity index (χ0v) is 18.1. The van der Waals surface area contributed by atoms with Crippen molar-refractivity contribution in [2.24, 2.45) is 0 Å². The van der Waals surface area contributed by atoms with Crippen LogP contribution in [-0.2, 0) is 11.3 Å². The van der Waals surface area contributed by atoms with Crippen LogP contribution in [0.3, 0.4) is 0 Å². The van der Waals surface area contributed by atoms with Crippen molar-refractivity contribution in [1.29, 1.82) is 0 Å². The van der Waals surface area contributed by atoms with E-state index in [1.807, 2.05) is 31.2 Å². The maximum absolute atomic E-state index is 13.9. The number of carbonyl (C=O) groups excluding carboxylic acids is 1. The molecule has 0 spiro atoms. The maximum Gasteiger partial charge on any atom is 0.233 e. The number of halogens is 2. The van der Waals surface area contributed by atoms with Gasteiger partial charge in [-0.2, -0.15) is 0 Å². The molecule has 0 aliphatic carbocycles. The predicted molar refractivity (Wildman–Crippen MR) is 115 cm³/mol. The molecule has 30 heavy (non-hydrogen) atoms. The molecule has 0 unspecified atom stereocenters. The van der Waals surface area contributed by atoms with Gasteiger partial charge in [0.05, 0.1) is 12.4 Å². The van der Waals surface area contributed by atoms with Crippen LogP contribution in [0.2, 0.25) is 5.02 Å². The summed E-state index contributed by atoms with van der Waals surface area (Å²) in [7, 11) is 1.59. The fraction of sp³-hybridized carbons (Fsp3) is 0.250. The summed E-state index contributed by atoms with van der Waals surface area (Å²) in [4.78, 5) is 13.9. The molecule has 3 rings (SSSR count). The number of nitrogens with two attached hydrogens (primary N) is 1. The third-order valence-electron chi connectivity index (χ3n) is 4.30. The second kappa shape index (κ2) is 9.82. The monoisotopic (exact) mass is 449 g/mol. The average Bonchev–Trinajstić information content (AvgIpc) is 3.10. The van der Waals surface area contributed by atoms with Crippen LogP contribution in [0.15, 0.2) is 47.6 Å². The summed E-state index contributed by atoms with van der Waals surface area (Å²) in [6.45, 7) is 2.56. The van der Waals surface area contributed by atoms with E-state index in [1.165, 1.54) is 21.7 Å². The van der Waals surface area contributed by atoms with Crippen molar-refractivity contribution in [2.45, 2.75) is 18.6 Å². The first kappa shape index (κ1) is 21.9. The first-order chi connectivity index (χ1) is 14.4. The molecule has 2 N–H and O–H groups in total. The zero-order valence-electron chi connectivity index (χ0n) is 16.5. The van der Waals surface area contributed by atoms with Gasteiger partial charge in [-0.3, -0.25) is 4.79 Å². The number of hydrogen-bond acceptors (Lipinski definition) is 6. The Labute approximate surface area is 182 Å². The fourth-order valence-electron chi connectivity index (χ4n) is 2.68. The Morgan fingerprint density at radius 2 is 2.00 bits per heavy atom. The number of benzene rings is 2. The summed E-state index contributed by atoms with van der Waals surface area (Å²) in [6.07, 6.45) is 0. The molecule has 0 saturated heterocycles. The molecule has 0 bridgehead atoms. The zero-order chi connectivity index (χ0) is 21.7. The number of rotatable bonds is 8. The topological polar surface area (TPSA) is 86.3 Å². The van der Waals surface area contributed by atoms with Gasteiger partial charge in [0.2, 0.25) is 11.1 Å². The van der Waals surface area contributed by atoms with Crippen molar-refractivity contribution < 1.29 is 13.9 Å². The lowest BCUT2D eigenvalue weighted by molar-refractivity contribution is -0.127. The first-order valence-electron chi connectivity index (χ1n) is 9.14. The molecular formula is C20H21ClFN5O2S. The summed E-state index contributed by atoms with van der Waals surface area (Å²) < 4.78 is 20.7. The normalized spacial score (nSPS) is 10.8. The van der Waals surface area contributed by atoms with Crippen LogP contribution < -0.4 is 10.6 Å².